The van der Waals surface area contributed by atoms with Gasteiger partial charge in [-0.15, -0.1) is 11.3 Å². The number of phenols is 1. The van der Waals surface area contributed by atoms with E-state index in [-0.39, 0.29) is 17.6 Å². The second kappa shape index (κ2) is 11.0. The Labute approximate surface area is 197 Å². The molecular formula is C25H27N3O4S. The normalized spacial score (nSPS) is 13.5. The molecule has 33 heavy (non-hydrogen) atoms. The number of carbonyl (C=O) groups is 2. The molecule has 0 spiro atoms. The minimum Gasteiger partial charge on any atom is -0.508 e. The molecule has 0 bridgehead atoms. The van der Waals surface area contributed by atoms with Gasteiger partial charge in [-0.1, -0.05) is 36.4 Å². The summed E-state index contributed by atoms with van der Waals surface area (Å²) < 4.78 is 5.49. The molecule has 2 heterocycles. The van der Waals surface area contributed by atoms with E-state index in [1.165, 1.54) is 23.5 Å². The van der Waals surface area contributed by atoms with E-state index in [0.717, 1.165) is 29.2 Å². The molecule has 1 aliphatic heterocycles. The number of ether oxygens (including phenoxy) is 1. The summed E-state index contributed by atoms with van der Waals surface area (Å²) >= 11 is 1.50. The average Bonchev–Trinajstić information content (AvgIpc) is 3.30. The summed E-state index contributed by atoms with van der Waals surface area (Å²) in [6.07, 6.45) is 0.601. The predicted octanol–water partition coefficient (Wildman–Crippen LogP) is 3.51. The van der Waals surface area contributed by atoms with Crippen molar-refractivity contribution in [1.82, 2.24) is 10.6 Å². The fourth-order valence-corrected chi connectivity index (χ4v) is 4.80. The molecule has 0 aliphatic carbocycles. The number of carbonyl (C=O) groups excluding carboxylic acids is 2. The van der Waals surface area contributed by atoms with Crippen molar-refractivity contribution in [3.63, 3.8) is 0 Å². The summed E-state index contributed by atoms with van der Waals surface area (Å²) in [5.41, 5.74) is 2.55. The number of anilines is 1. The van der Waals surface area contributed by atoms with Crippen molar-refractivity contribution >= 4 is 28.2 Å². The van der Waals surface area contributed by atoms with Crippen LogP contribution in [0.1, 0.15) is 26.5 Å². The van der Waals surface area contributed by atoms with E-state index in [1.54, 1.807) is 12.1 Å². The molecule has 8 heteroatoms. The first-order valence-electron chi connectivity index (χ1n) is 11.0. The van der Waals surface area contributed by atoms with E-state index in [9.17, 15) is 14.7 Å². The summed E-state index contributed by atoms with van der Waals surface area (Å²) in [5.74, 6) is -0.314. The highest BCUT2D eigenvalue weighted by atomic mass is 32.1. The molecule has 0 saturated carbocycles. The maximum Gasteiger partial charge on any atom is 0.261 e. The Morgan fingerprint density at radius 1 is 0.939 bits per heavy atom. The zero-order valence-electron chi connectivity index (χ0n) is 18.3. The first-order valence-corrected chi connectivity index (χ1v) is 11.8. The van der Waals surface area contributed by atoms with Crippen LogP contribution >= 0.6 is 11.3 Å². The van der Waals surface area contributed by atoms with Crippen LogP contribution in [-0.4, -0.2) is 56.3 Å². The molecule has 3 aromatic rings. The van der Waals surface area contributed by atoms with Gasteiger partial charge in [-0.2, -0.15) is 0 Å². The van der Waals surface area contributed by atoms with Crippen LogP contribution in [0.15, 0.2) is 60.7 Å². The third kappa shape index (κ3) is 5.91. The number of amides is 2. The van der Waals surface area contributed by atoms with Crippen LogP contribution in [0.3, 0.4) is 0 Å². The summed E-state index contributed by atoms with van der Waals surface area (Å²) in [5, 5.41) is 16.3. The van der Waals surface area contributed by atoms with Gasteiger partial charge in [0.1, 0.15) is 5.75 Å². The zero-order valence-corrected chi connectivity index (χ0v) is 19.1. The standard InChI is InChI=1S/C25H27N3O4S/c29-20-9-4-8-19(16-20)23(30)26-10-5-11-27-24(31)22-17-21(18-6-2-1-3-7-18)25(33-22)28-12-14-32-15-13-28/h1-4,6-9,16-17,29H,5,10-15H2,(H,26,30)(H,27,31). The summed E-state index contributed by atoms with van der Waals surface area (Å²) in [6.45, 7) is 3.85. The summed E-state index contributed by atoms with van der Waals surface area (Å²) in [7, 11) is 0. The molecule has 0 unspecified atom stereocenters. The molecule has 0 atom stereocenters. The van der Waals surface area contributed by atoms with Gasteiger partial charge in [0.05, 0.1) is 23.1 Å². The van der Waals surface area contributed by atoms with Gasteiger partial charge in [0.2, 0.25) is 0 Å². The van der Waals surface area contributed by atoms with Crippen LogP contribution in [0.4, 0.5) is 5.00 Å². The van der Waals surface area contributed by atoms with Gasteiger partial charge in [0.15, 0.2) is 0 Å². The molecule has 4 rings (SSSR count). The van der Waals surface area contributed by atoms with Gasteiger partial charge >= 0.3 is 0 Å². The van der Waals surface area contributed by atoms with Gasteiger partial charge in [-0.25, -0.2) is 0 Å². The summed E-state index contributed by atoms with van der Waals surface area (Å²) in [6, 6.07) is 18.3. The smallest absolute Gasteiger partial charge is 0.261 e. The minimum absolute atomic E-state index is 0.0529. The molecule has 1 saturated heterocycles. The number of hydrogen-bond acceptors (Lipinski definition) is 6. The maximum absolute atomic E-state index is 12.8. The van der Waals surface area contributed by atoms with Gasteiger partial charge in [-0.3, -0.25) is 9.59 Å². The Bertz CT molecular complexity index is 1090. The second-order valence-electron chi connectivity index (χ2n) is 7.71. The van der Waals surface area contributed by atoms with Gasteiger partial charge in [0, 0.05) is 37.3 Å². The van der Waals surface area contributed by atoms with Gasteiger partial charge in [0.25, 0.3) is 11.8 Å². The van der Waals surface area contributed by atoms with E-state index in [4.69, 9.17) is 4.74 Å². The molecule has 172 valence electrons. The van der Waals surface area contributed by atoms with Gasteiger partial charge < -0.3 is 25.4 Å². The lowest BCUT2D eigenvalue weighted by Gasteiger charge is -2.28. The van der Waals surface area contributed by atoms with Gasteiger partial charge in [-0.05, 0) is 36.2 Å². The molecule has 2 aromatic carbocycles. The number of phenolic OH excluding ortho intramolecular Hbond substituents is 1. The number of benzene rings is 2. The molecule has 0 radical (unpaired) electrons. The van der Waals surface area contributed by atoms with Crippen molar-refractivity contribution < 1.29 is 19.4 Å². The molecule has 1 fully saturated rings. The zero-order chi connectivity index (χ0) is 23.0. The van der Waals surface area contributed by atoms with Crippen molar-refractivity contribution in [2.45, 2.75) is 6.42 Å². The molecule has 2 amide bonds. The SMILES string of the molecule is O=C(NCCCNC(=O)c1cc(-c2ccccc2)c(N2CCOCC2)s1)c1cccc(O)c1. The first kappa shape index (κ1) is 22.8. The summed E-state index contributed by atoms with van der Waals surface area (Å²) in [4.78, 5) is 27.9. The fraction of sp³-hybridized carbons (Fsp3) is 0.280. The number of aromatic hydroxyl groups is 1. The lowest BCUT2D eigenvalue weighted by Crippen LogP contribution is -2.35. The van der Waals surface area contributed by atoms with Crippen molar-refractivity contribution in [1.29, 1.82) is 0 Å². The second-order valence-corrected chi connectivity index (χ2v) is 8.74. The van der Waals surface area contributed by atoms with Crippen LogP contribution in [0.5, 0.6) is 5.75 Å². The third-order valence-corrected chi connectivity index (χ3v) is 6.55. The molecule has 7 nitrogen and oxygen atoms in total. The monoisotopic (exact) mass is 465 g/mol. The number of rotatable bonds is 8. The van der Waals surface area contributed by atoms with Crippen molar-refractivity contribution in [3.05, 3.63) is 71.1 Å². The fourth-order valence-electron chi connectivity index (χ4n) is 3.65. The Morgan fingerprint density at radius 3 is 2.39 bits per heavy atom. The van der Waals surface area contributed by atoms with E-state index in [1.807, 2.05) is 24.3 Å². The first-order chi connectivity index (χ1) is 16.1. The van der Waals surface area contributed by atoms with Crippen molar-refractivity contribution in [3.8, 4) is 16.9 Å². The van der Waals surface area contributed by atoms with Crippen LogP contribution < -0.4 is 15.5 Å². The van der Waals surface area contributed by atoms with E-state index in [2.05, 4.69) is 27.7 Å². The molecule has 1 aromatic heterocycles. The quantitative estimate of drug-likeness (QED) is 0.443. The number of thiophene rings is 1. The lowest BCUT2D eigenvalue weighted by molar-refractivity contribution is 0.0952. The predicted molar refractivity (Wildman–Crippen MR) is 130 cm³/mol. The van der Waals surface area contributed by atoms with E-state index >= 15 is 0 Å². The largest absolute Gasteiger partial charge is 0.508 e. The number of nitrogens with one attached hydrogen (secondary N) is 2. The molecule has 3 N–H and O–H groups in total. The van der Waals surface area contributed by atoms with Crippen molar-refractivity contribution in [2.75, 3.05) is 44.3 Å². The minimum atomic E-state index is -0.252. The number of hydrogen-bond donors (Lipinski definition) is 3. The Balaban J connectivity index is 1.34. The van der Waals surface area contributed by atoms with Crippen LogP contribution in [0, 0.1) is 0 Å². The molecule has 1 aliphatic rings. The third-order valence-electron chi connectivity index (χ3n) is 5.35. The van der Waals surface area contributed by atoms with E-state index < -0.39 is 0 Å². The highest BCUT2D eigenvalue weighted by Crippen LogP contribution is 2.39. The Hall–Kier alpha value is -3.36. The topological polar surface area (TPSA) is 90.9 Å². The Kier molecular flexibility index (Phi) is 7.59. The number of nitrogens with zero attached hydrogens (tertiary/aromatic N) is 1. The van der Waals surface area contributed by atoms with Crippen LogP contribution in [-0.2, 0) is 4.74 Å². The van der Waals surface area contributed by atoms with Crippen LogP contribution in [0.25, 0.3) is 11.1 Å². The average molecular weight is 466 g/mol. The lowest BCUT2D eigenvalue weighted by atomic mass is 10.1. The van der Waals surface area contributed by atoms with Crippen molar-refractivity contribution in [2.24, 2.45) is 0 Å². The number of morpholine rings is 1. The molecular weight excluding hydrogens is 438 g/mol. The van der Waals surface area contributed by atoms with Crippen LogP contribution in [0.2, 0.25) is 0 Å². The maximum atomic E-state index is 12.8. The highest BCUT2D eigenvalue weighted by molar-refractivity contribution is 7.18. The van der Waals surface area contributed by atoms with E-state index in [0.29, 0.717) is 43.2 Å². The Morgan fingerprint density at radius 2 is 1.67 bits per heavy atom. The highest BCUT2D eigenvalue weighted by Gasteiger charge is 2.21.